The predicted molar refractivity (Wildman–Crippen MR) is 98.8 cm³/mol. The van der Waals surface area contributed by atoms with Crippen molar-refractivity contribution < 1.29 is 9.05 Å². The predicted octanol–water partition coefficient (Wildman–Crippen LogP) is 2.62. The van der Waals surface area contributed by atoms with Crippen LogP contribution in [-0.2, 0) is 6.54 Å². The summed E-state index contributed by atoms with van der Waals surface area (Å²) in [6.07, 6.45) is 0. The van der Waals surface area contributed by atoms with Crippen molar-refractivity contribution in [2.75, 3.05) is 26.2 Å². The van der Waals surface area contributed by atoms with E-state index in [1.807, 2.05) is 19.1 Å². The van der Waals surface area contributed by atoms with E-state index < -0.39 is 0 Å². The molecule has 0 amide bonds. The number of piperazine rings is 1. The summed E-state index contributed by atoms with van der Waals surface area (Å²) < 4.78 is 10.6. The molecule has 0 spiro atoms. The Morgan fingerprint density at radius 2 is 1.70 bits per heavy atom. The Morgan fingerprint density at radius 3 is 2.37 bits per heavy atom. The van der Waals surface area contributed by atoms with Crippen molar-refractivity contribution in [3.63, 3.8) is 0 Å². The van der Waals surface area contributed by atoms with Crippen molar-refractivity contribution in [3.05, 3.63) is 47.4 Å². The summed E-state index contributed by atoms with van der Waals surface area (Å²) in [6.45, 7) is 10.5. The minimum absolute atomic E-state index is 0.0891. The number of aromatic nitrogens is 4. The van der Waals surface area contributed by atoms with E-state index >= 15 is 0 Å². The molecule has 142 valence electrons. The van der Waals surface area contributed by atoms with Crippen LogP contribution in [0.15, 0.2) is 33.3 Å². The fourth-order valence-corrected chi connectivity index (χ4v) is 3.30. The van der Waals surface area contributed by atoms with Crippen molar-refractivity contribution in [2.24, 2.45) is 0 Å². The molecule has 8 heteroatoms. The number of rotatable bonds is 5. The zero-order valence-electron chi connectivity index (χ0n) is 15.9. The molecule has 1 aromatic carbocycles. The molecule has 27 heavy (non-hydrogen) atoms. The van der Waals surface area contributed by atoms with Crippen LogP contribution < -0.4 is 0 Å². The maximum Gasteiger partial charge on any atom is 0.244 e. The molecular weight excluding hydrogens is 344 g/mol. The second-order valence-corrected chi connectivity index (χ2v) is 7.04. The first-order valence-corrected chi connectivity index (χ1v) is 9.25. The van der Waals surface area contributed by atoms with E-state index in [1.165, 1.54) is 5.56 Å². The first-order valence-electron chi connectivity index (χ1n) is 9.25. The van der Waals surface area contributed by atoms with Crippen LogP contribution in [0.4, 0.5) is 0 Å². The van der Waals surface area contributed by atoms with E-state index in [1.54, 1.807) is 0 Å². The molecule has 0 radical (unpaired) electrons. The highest BCUT2D eigenvalue weighted by Gasteiger charge is 2.26. The summed E-state index contributed by atoms with van der Waals surface area (Å²) in [5.41, 5.74) is 2.19. The molecule has 0 N–H and O–H groups in total. The lowest BCUT2D eigenvalue weighted by molar-refractivity contribution is 0.0827. The fourth-order valence-electron chi connectivity index (χ4n) is 3.30. The third kappa shape index (κ3) is 4.06. The van der Waals surface area contributed by atoms with Gasteiger partial charge in [0.25, 0.3) is 0 Å². The van der Waals surface area contributed by atoms with Gasteiger partial charge in [0.05, 0.1) is 12.6 Å². The van der Waals surface area contributed by atoms with Gasteiger partial charge in [-0.15, -0.1) is 0 Å². The summed E-state index contributed by atoms with van der Waals surface area (Å²) >= 11 is 0. The number of nitrogens with zero attached hydrogens (tertiary/aromatic N) is 6. The van der Waals surface area contributed by atoms with Gasteiger partial charge >= 0.3 is 0 Å². The average Bonchev–Trinajstić information content (AvgIpc) is 3.32. The Morgan fingerprint density at radius 1 is 0.963 bits per heavy atom. The van der Waals surface area contributed by atoms with Crippen LogP contribution in [0.25, 0.3) is 11.4 Å². The highest BCUT2D eigenvalue weighted by Crippen LogP contribution is 2.24. The highest BCUT2D eigenvalue weighted by molar-refractivity contribution is 5.54. The lowest BCUT2D eigenvalue weighted by Crippen LogP contribution is -2.46. The Balaban J connectivity index is 1.35. The monoisotopic (exact) mass is 368 g/mol. The van der Waals surface area contributed by atoms with Gasteiger partial charge in [0, 0.05) is 38.7 Å². The molecule has 0 unspecified atom stereocenters. The quantitative estimate of drug-likeness (QED) is 0.679. The van der Waals surface area contributed by atoms with Gasteiger partial charge in [0.15, 0.2) is 5.82 Å². The minimum Gasteiger partial charge on any atom is -0.340 e. The number of benzene rings is 1. The zero-order valence-corrected chi connectivity index (χ0v) is 15.9. The number of hydrogen-bond acceptors (Lipinski definition) is 8. The van der Waals surface area contributed by atoms with Crippen molar-refractivity contribution in [2.45, 2.75) is 33.4 Å². The van der Waals surface area contributed by atoms with E-state index in [4.69, 9.17) is 9.05 Å². The van der Waals surface area contributed by atoms with Crippen molar-refractivity contribution in [1.82, 2.24) is 30.1 Å². The number of hydrogen-bond donors (Lipinski definition) is 0. The first-order chi connectivity index (χ1) is 13.1. The lowest BCUT2D eigenvalue weighted by Gasteiger charge is -2.36. The normalized spacial score (nSPS) is 17.3. The van der Waals surface area contributed by atoms with Gasteiger partial charge in [-0.3, -0.25) is 9.80 Å². The molecule has 3 aromatic rings. The lowest BCUT2D eigenvalue weighted by atomic mass is 10.1. The molecule has 8 nitrogen and oxygen atoms in total. The van der Waals surface area contributed by atoms with E-state index in [-0.39, 0.29) is 6.04 Å². The highest BCUT2D eigenvalue weighted by atomic mass is 16.5. The second-order valence-electron chi connectivity index (χ2n) is 7.04. The number of aryl methyl sites for hydroxylation is 2. The van der Waals surface area contributed by atoms with E-state index in [0.29, 0.717) is 17.6 Å². The van der Waals surface area contributed by atoms with Crippen LogP contribution >= 0.6 is 0 Å². The van der Waals surface area contributed by atoms with Gasteiger partial charge < -0.3 is 9.05 Å². The Bertz CT molecular complexity index is 880. The van der Waals surface area contributed by atoms with Gasteiger partial charge in [-0.2, -0.15) is 9.97 Å². The molecule has 1 aliphatic heterocycles. The van der Waals surface area contributed by atoms with Crippen LogP contribution in [0.2, 0.25) is 0 Å². The standard InChI is InChI=1S/C19H24N6O2/c1-13-4-6-16(7-5-13)18-21-19(27-23-18)14(2)25-10-8-24(9-11-25)12-17-20-15(3)26-22-17/h4-7,14H,8-12H2,1-3H3/t14-/m1/s1. The third-order valence-corrected chi connectivity index (χ3v) is 5.00. The summed E-state index contributed by atoms with van der Waals surface area (Å²) in [6, 6.07) is 8.24. The van der Waals surface area contributed by atoms with Crippen LogP contribution in [0.1, 0.15) is 36.1 Å². The van der Waals surface area contributed by atoms with Crippen molar-refractivity contribution in [3.8, 4) is 11.4 Å². The molecule has 2 aromatic heterocycles. The molecule has 1 aliphatic rings. The van der Waals surface area contributed by atoms with Gasteiger partial charge in [0.2, 0.25) is 17.6 Å². The van der Waals surface area contributed by atoms with Crippen LogP contribution in [0, 0.1) is 13.8 Å². The first kappa shape index (κ1) is 17.8. The molecule has 0 bridgehead atoms. The summed E-state index contributed by atoms with van der Waals surface area (Å²) in [5.74, 6) is 2.66. The maximum atomic E-state index is 5.54. The van der Waals surface area contributed by atoms with Gasteiger partial charge in [-0.1, -0.05) is 40.1 Å². The van der Waals surface area contributed by atoms with Gasteiger partial charge in [-0.05, 0) is 13.8 Å². The van der Waals surface area contributed by atoms with Crippen LogP contribution in [-0.4, -0.2) is 56.3 Å². The fraction of sp³-hybridized carbons (Fsp3) is 0.474. The molecule has 0 aliphatic carbocycles. The Kier molecular flexibility index (Phi) is 5.00. The zero-order chi connectivity index (χ0) is 18.8. The molecule has 0 saturated carbocycles. The SMILES string of the molecule is Cc1ccc(-c2noc([C@@H](C)N3CCN(Cc4noc(C)n4)CC3)n2)cc1. The van der Waals surface area contributed by atoms with Crippen LogP contribution in [0.3, 0.4) is 0 Å². The Labute approximate surface area is 158 Å². The van der Waals surface area contributed by atoms with E-state index in [0.717, 1.165) is 44.1 Å². The summed E-state index contributed by atoms with van der Waals surface area (Å²) in [7, 11) is 0. The molecule has 1 saturated heterocycles. The summed E-state index contributed by atoms with van der Waals surface area (Å²) in [5, 5.41) is 8.13. The third-order valence-electron chi connectivity index (χ3n) is 5.00. The van der Waals surface area contributed by atoms with E-state index in [2.05, 4.69) is 56.1 Å². The largest absolute Gasteiger partial charge is 0.340 e. The maximum absolute atomic E-state index is 5.54. The molecule has 3 heterocycles. The van der Waals surface area contributed by atoms with Crippen molar-refractivity contribution in [1.29, 1.82) is 0 Å². The van der Waals surface area contributed by atoms with E-state index in [9.17, 15) is 0 Å². The topological polar surface area (TPSA) is 84.3 Å². The average molecular weight is 368 g/mol. The molecule has 1 atom stereocenters. The van der Waals surface area contributed by atoms with Crippen LogP contribution in [0.5, 0.6) is 0 Å². The van der Waals surface area contributed by atoms with Gasteiger partial charge in [-0.25, -0.2) is 0 Å². The van der Waals surface area contributed by atoms with Gasteiger partial charge in [0.1, 0.15) is 0 Å². The summed E-state index contributed by atoms with van der Waals surface area (Å²) in [4.78, 5) is 13.6. The minimum atomic E-state index is 0.0891. The molecular formula is C19H24N6O2. The molecule has 4 rings (SSSR count). The Hall–Kier alpha value is -2.58. The second kappa shape index (κ2) is 7.58. The molecule has 1 fully saturated rings. The smallest absolute Gasteiger partial charge is 0.244 e. The van der Waals surface area contributed by atoms with Crippen molar-refractivity contribution >= 4 is 0 Å².